The van der Waals surface area contributed by atoms with Crippen LogP contribution in [0.1, 0.15) is 18.9 Å². The van der Waals surface area contributed by atoms with E-state index in [1.54, 1.807) is 6.92 Å². The molecule has 4 nitrogen and oxygen atoms in total. The van der Waals surface area contributed by atoms with E-state index in [9.17, 15) is 19.0 Å². The van der Waals surface area contributed by atoms with Crippen molar-refractivity contribution in [3.63, 3.8) is 0 Å². The van der Waals surface area contributed by atoms with E-state index in [0.29, 0.717) is 6.42 Å². The molecule has 0 amide bonds. The van der Waals surface area contributed by atoms with E-state index in [2.05, 4.69) is 5.32 Å². The van der Waals surface area contributed by atoms with Crippen molar-refractivity contribution < 1.29 is 19.0 Å². The zero-order chi connectivity index (χ0) is 13.8. The molecule has 0 spiro atoms. The van der Waals surface area contributed by atoms with Crippen LogP contribution in [-0.2, 0) is 0 Å². The quantitative estimate of drug-likeness (QED) is 0.744. The van der Waals surface area contributed by atoms with E-state index in [-0.39, 0.29) is 5.69 Å². The third-order valence-electron chi connectivity index (χ3n) is 2.88. The average Bonchev–Trinajstić information content (AvgIpc) is 2.41. The van der Waals surface area contributed by atoms with Crippen molar-refractivity contribution in [1.29, 1.82) is 5.26 Å². The average molecular weight is 256 g/mol. The van der Waals surface area contributed by atoms with Crippen LogP contribution in [0.3, 0.4) is 0 Å². The molecule has 0 aromatic heterocycles. The summed E-state index contributed by atoms with van der Waals surface area (Å²) in [5.41, 5.74) is -1.72. The number of hydrogen-bond acceptors (Lipinski definition) is 4. The maximum atomic E-state index is 13.6. The summed E-state index contributed by atoms with van der Waals surface area (Å²) in [6.07, 6.45) is 0.320. The Balaban J connectivity index is 3.13. The highest BCUT2D eigenvalue weighted by atomic mass is 19.2. The fourth-order valence-corrected chi connectivity index (χ4v) is 1.46. The highest BCUT2D eigenvalue weighted by molar-refractivity contribution is 5.51. The Morgan fingerprint density at radius 1 is 1.28 bits per heavy atom. The number of hydrogen-bond donors (Lipinski definition) is 3. The molecule has 0 aliphatic heterocycles. The van der Waals surface area contributed by atoms with Crippen LogP contribution in [0.4, 0.5) is 14.5 Å². The number of halogens is 2. The molecular weight excluding hydrogens is 242 g/mol. The first-order chi connectivity index (χ1) is 8.53. The predicted molar refractivity (Wildman–Crippen MR) is 61.9 cm³/mol. The lowest BCUT2D eigenvalue weighted by Crippen LogP contribution is -2.45. The molecule has 18 heavy (non-hydrogen) atoms. The summed E-state index contributed by atoms with van der Waals surface area (Å²) in [6, 6.07) is 3.86. The fraction of sp³-hybridized carbons (Fsp3) is 0.417. The van der Waals surface area contributed by atoms with Crippen molar-refractivity contribution in [1.82, 2.24) is 0 Å². The van der Waals surface area contributed by atoms with Gasteiger partial charge in [-0.05, 0) is 18.6 Å². The summed E-state index contributed by atoms with van der Waals surface area (Å²) in [6.45, 7) is 0.833. The maximum absolute atomic E-state index is 13.6. The summed E-state index contributed by atoms with van der Waals surface area (Å²) >= 11 is 0. The minimum Gasteiger partial charge on any atom is -0.394 e. The fourth-order valence-electron chi connectivity index (χ4n) is 1.46. The first-order valence-electron chi connectivity index (χ1n) is 5.41. The second-order valence-electron chi connectivity index (χ2n) is 3.98. The molecule has 0 saturated heterocycles. The van der Waals surface area contributed by atoms with Crippen LogP contribution in [-0.4, -0.2) is 29.0 Å². The lowest BCUT2D eigenvalue weighted by Gasteiger charge is -2.31. The standard InChI is InChI=1S/C12H14F2N2O2/c1-2-12(6-17,7-18)16-9-4-3-8(5-15)10(13)11(9)14/h3-4,16-18H,2,6-7H2,1H3. The van der Waals surface area contributed by atoms with E-state index in [1.807, 2.05) is 0 Å². The zero-order valence-electron chi connectivity index (χ0n) is 9.87. The predicted octanol–water partition coefficient (Wildman–Crippen LogP) is 1.38. The molecule has 0 atom stereocenters. The van der Waals surface area contributed by atoms with Gasteiger partial charge in [-0.1, -0.05) is 6.92 Å². The van der Waals surface area contributed by atoms with E-state index in [0.717, 1.165) is 6.07 Å². The normalized spacial score (nSPS) is 11.1. The van der Waals surface area contributed by atoms with E-state index >= 15 is 0 Å². The van der Waals surface area contributed by atoms with Crippen molar-refractivity contribution in [3.8, 4) is 6.07 Å². The Hall–Kier alpha value is -1.71. The molecule has 0 unspecified atom stereocenters. The van der Waals surface area contributed by atoms with Gasteiger partial charge in [0.05, 0.1) is 30.0 Å². The first kappa shape index (κ1) is 14.4. The highest BCUT2D eigenvalue weighted by Crippen LogP contribution is 2.24. The van der Waals surface area contributed by atoms with Gasteiger partial charge >= 0.3 is 0 Å². The number of benzene rings is 1. The number of nitrogens with zero attached hydrogens (tertiary/aromatic N) is 1. The van der Waals surface area contributed by atoms with Crippen molar-refractivity contribution in [2.24, 2.45) is 0 Å². The monoisotopic (exact) mass is 256 g/mol. The lowest BCUT2D eigenvalue weighted by atomic mass is 9.97. The number of nitrogens with one attached hydrogen (secondary N) is 1. The molecule has 1 aromatic rings. The molecule has 0 fully saturated rings. The smallest absolute Gasteiger partial charge is 0.183 e. The third-order valence-corrected chi connectivity index (χ3v) is 2.88. The summed E-state index contributed by atoms with van der Waals surface area (Å²) < 4.78 is 27.0. The van der Waals surface area contributed by atoms with E-state index < -0.39 is 36.0 Å². The second-order valence-corrected chi connectivity index (χ2v) is 3.98. The second kappa shape index (κ2) is 5.76. The number of rotatable bonds is 5. The Morgan fingerprint density at radius 2 is 1.89 bits per heavy atom. The Bertz CT molecular complexity index is 460. The van der Waals surface area contributed by atoms with Crippen LogP contribution in [0.15, 0.2) is 12.1 Å². The maximum Gasteiger partial charge on any atom is 0.183 e. The number of aliphatic hydroxyl groups excluding tert-OH is 2. The van der Waals surface area contributed by atoms with Crippen LogP contribution < -0.4 is 5.32 Å². The van der Waals surface area contributed by atoms with Crippen LogP contribution >= 0.6 is 0 Å². The SMILES string of the molecule is CCC(CO)(CO)Nc1ccc(C#N)c(F)c1F. The number of nitriles is 1. The van der Waals surface area contributed by atoms with Gasteiger partial charge in [0.1, 0.15) is 6.07 Å². The van der Waals surface area contributed by atoms with Crippen LogP contribution in [0, 0.1) is 23.0 Å². The number of anilines is 1. The molecule has 0 heterocycles. The molecule has 1 aromatic carbocycles. The van der Waals surface area contributed by atoms with Gasteiger partial charge in [0.15, 0.2) is 11.6 Å². The Labute approximate surface area is 103 Å². The highest BCUT2D eigenvalue weighted by Gasteiger charge is 2.28. The Kier molecular flexibility index (Phi) is 4.59. The van der Waals surface area contributed by atoms with Gasteiger partial charge in [-0.3, -0.25) is 0 Å². The summed E-state index contributed by atoms with van der Waals surface area (Å²) in [7, 11) is 0. The molecule has 0 saturated carbocycles. The molecule has 3 N–H and O–H groups in total. The first-order valence-corrected chi connectivity index (χ1v) is 5.41. The van der Waals surface area contributed by atoms with E-state index in [1.165, 1.54) is 12.1 Å². The van der Waals surface area contributed by atoms with Crippen LogP contribution in [0.5, 0.6) is 0 Å². The molecule has 1 rings (SSSR count). The largest absolute Gasteiger partial charge is 0.394 e. The lowest BCUT2D eigenvalue weighted by molar-refractivity contribution is 0.132. The molecule has 98 valence electrons. The van der Waals surface area contributed by atoms with Gasteiger partial charge in [0.25, 0.3) is 0 Å². The Morgan fingerprint density at radius 3 is 2.33 bits per heavy atom. The topological polar surface area (TPSA) is 76.3 Å². The van der Waals surface area contributed by atoms with Crippen molar-refractivity contribution in [3.05, 3.63) is 29.3 Å². The van der Waals surface area contributed by atoms with Crippen LogP contribution in [0.25, 0.3) is 0 Å². The van der Waals surface area contributed by atoms with Crippen molar-refractivity contribution >= 4 is 5.69 Å². The number of aliphatic hydroxyl groups is 2. The van der Waals surface area contributed by atoms with Gasteiger partial charge in [-0.2, -0.15) is 5.26 Å². The van der Waals surface area contributed by atoms with Gasteiger partial charge in [-0.25, -0.2) is 8.78 Å². The van der Waals surface area contributed by atoms with Gasteiger partial charge < -0.3 is 15.5 Å². The van der Waals surface area contributed by atoms with E-state index in [4.69, 9.17) is 5.26 Å². The van der Waals surface area contributed by atoms with Gasteiger partial charge in [0.2, 0.25) is 0 Å². The summed E-state index contributed by atoms with van der Waals surface area (Å²) in [5.74, 6) is -2.45. The molecular formula is C12H14F2N2O2. The summed E-state index contributed by atoms with van der Waals surface area (Å²) in [5, 5.41) is 29.5. The molecule has 6 heteroatoms. The molecule has 0 bridgehead atoms. The van der Waals surface area contributed by atoms with Crippen molar-refractivity contribution in [2.45, 2.75) is 18.9 Å². The van der Waals surface area contributed by atoms with Gasteiger partial charge in [-0.15, -0.1) is 0 Å². The zero-order valence-corrected chi connectivity index (χ0v) is 9.87. The van der Waals surface area contributed by atoms with Crippen LogP contribution in [0.2, 0.25) is 0 Å². The minimum absolute atomic E-state index is 0.198. The summed E-state index contributed by atoms with van der Waals surface area (Å²) in [4.78, 5) is 0. The molecule has 0 radical (unpaired) electrons. The van der Waals surface area contributed by atoms with Gasteiger partial charge in [0, 0.05) is 0 Å². The molecule has 0 aliphatic carbocycles. The molecule has 0 aliphatic rings. The minimum atomic E-state index is -1.25. The van der Waals surface area contributed by atoms with Crippen molar-refractivity contribution in [2.75, 3.05) is 18.5 Å². The third kappa shape index (κ3) is 2.58.